The molecular weight excluding hydrogens is 610 g/mol. The maximum atomic E-state index is 13.2. The zero-order valence-electron chi connectivity index (χ0n) is 27.7. The Labute approximate surface area is 273 Å². The van der Waals surface area contributed by atoms with Gasteiger partial charge >= 0.3 is 0 Å². The first kappa shape index (κ1) is 34.3. The van der Waals surface area contributed by atoms with E-state index in [9.17, 15) is 14.4 Å². The number of nitrogens with zero attached hydrogens (tertiary/aromatic N) is 3. The SMILES string of the molecule is COc1cc(C(=O)NCC(=O)Nc2ccccc2OCC(=O)NC(C)(C)C(C)(C)c2nnc3c(Cl)c(C(C)(C)C)[nH]n23)ccc1C. The van der Waals surface area contributed by atoms with E-state index in [1.165, 1.54) is 7.11 Å². The molecule has 4 N–H and O–H groups in total. The molecule has 3 amide bonds. The molecule has 4 rings (SSSR count). The minimum absolute atomic E-state index is 0.236. The number of benzene rings is 2. The van der Waals surface area contributed by atoms with Crippen molar-refractivity contribution in [2.45, 2.75) is 71.8 Å². The van der Waals surface area contributed by atoms with Crippen LogP contribution in [-0.4, -0.2) is 63.3 Å². The highest BCUT2D eigenvalue weighted by atomic mass is 35.5. The summed E-state index contributed by atoms with van der Waals surface area (Å²) in [7, 11) is 1.53. The van der Waals surface area contributed by atoms with E-state index in [1.807, 2.05) is 34.6 Å². The van der Waals surface area contributed by atoms with Crippen LogP contribution in [0.3, 0.4) is 0 Å². The number of aromatic nitrogens is 4. The van der Waals surface area contributed by atoms with Crippen molar-refractivity contribution in [2.24, 2.45) is 0 Å². The molecule has 13 heteroatoms. The summed E-state index contributed by atoms with van der Waals surface area (Å²) in [6.07, 6.45) is 0. The molecule has 12 nitrogen and oxygen atoms in total. The molecule has 46 heavy (non-hydrogen) atoms. The lowest BCUT2D eigenvalue weighted by Gasteiger charge is -2.40. The number of carbonyl (C=O) groups excluding carboxylic acids is 3. The molecule has 0 saturated carbocycles. The van der Waals surface area contributed by atoms with Crippen LogP contribution in [0, 0.1) is 6.92 Å². The minimum Gasteiger partial charge on any atom is -0.496 e. The predicted molar refractivity (Wildman–Crippen MR) is 177 cm³/mol. The largest absolute Gasteiger partial charge is 0.496 e. The third kappa shape index (κ3) is 7.12. The number of para-hydroxylation sites is 2. The van der Waals surface area contributed by atoms with Gasteiger partial charge in [0.05, 0.1) is 25.0 Å². The van der Waals surface area contributed by atoms with Gasteiger partial charge in [-0.15, -0.1) is 10.2 Å². The molecule has 0 fully saturated rings. The number of aromatic amines is 1. The highest BCUT2D eigenvalue weighted by Crippen LogP contribution is 2.37. The van der Waals surface area contributed by atoms with Crippen molar-refractivity contribution in [1.82, 2.24) is 30.4 Å². The Bertz CT molecular complexity index is 1770. The van der Waals surface area contributed by atoms with Gasteiger partial charge in [-0.2, -0.15) is 0 Å². The van der Waals surface area contributed by atoms with Gasteiger partial charge in [0.1, 0.15) is 16.5 Å². The van der Waals surface area contributed by atoms with E-state index < -0.39 is 22.8 Å². The first-order valence-corrected chi connectivity index (χ1v) is 15.2. The number of hydrogen-bond donors (Lipinski definition) is 4. The highest BCUT2D eigenvalue weighted by Gasteiger charge is 2.44. The fourth-order valence-electron chi connectivity index (χ4n) is 4.78. The van der Waals surface area contributed by atoms with Gasteiger partial charge < -0.3 is 25.4 Å². The molecule has 0 aliphatic heterocycles. The normalized spacial score (nSPS) is 12.1. The number of fused-ring (bicyclic) bond motifs is 1. The number of carbonyl (C=O) groups is 3. The summed E-state index contributed by atoms with van der Waals surface area (Å²) in [5.41, 5.74) is 1.24. The first-order valence-electron chi connectivity index (χ1n) is 14.9. The predicted octanol–water partition coefficient (Wildman–Crippen LogP) is 4.95. The van der Waals surface area contributed by atoms with Crippen LogP contribution in [0.4, 0.5) is 5.69 Å². The molecule has 2 aromatic carbocycles. The lowest BCUT2D eigenvalue weighted by atomic mass is 9.73. The van der Waals surface area contributed by atoms with Crippen LogP contribution in [0.15, 0.2) is 42.5 Å². The van der Waals surface area contributed by atoms with E-state index in [0.717, 1.165) is 11.3 Å². The summed E-state index contributed by atoms with van der Waals surface area (Å²) < 4.78 is 12.9. The molecule has 0 aliphatic rings. The molecule has 0 bridgehead atoms. The van der Waals surface area contributed by atoms with Crippen molar-refractivity contribution in [3.8, 4) is 11.5 Å². The second-order valence-corrected chi connectivity index (χ2v) is 13.6. The van der Waals surface area contributed by atoms with Crippen LogP contribution in [0.1, 0.15) is 75.9 Å². The molecule has 2 heterocycles. The van der Waals surface area contributed by atoms with Crippen molar-refractivity contribution in [3.05, 3.63) is 70.1 Å². The molecule has 246 valence electrons. The molecular formula is C33H42ClN7O5. The van der Waals surface area contributed by atoms with Crippen LogP contribution < -0.4 is 25.4 Å². The quantitative estimate of drug-likeness (QED) is 0.179. The zero-order chi connectivity index (χ0) is 34.0. The van der Waals surface area contributed by atoms with Crippen LogP contribution >= 0.6 is 11.6 Å². The Morgan fingerprint density at radius 2 is 1.65 bits per heavy atom. The number of rotatable bonds is 11. The van der Waals surface area contributed by atoms with Crippen LogP contribution in [-0.2, 0) is 20.4 Å². The van der Waals surface area contributed by atoms with Gasteiger partial charge in [0.25, 0.3) is 11.8 Å². The van der Waals surface area contributed by atoms with E-state index in [1.54, 1.807) is 47.0 Å². The number of hydrogen-bond acceptors (Lipinski definition) is 7. The molecule has 0 atom stereocenters. The summed E-state index contributed by atoms with van der Waals surface area (Å²) >= 11 is 6.63. The number of nitrogens with one attached hydrogen (secondary N) is 4. The summed E-state index contributed by atoms with van der Waals surface area (Å²) in [5, 5.41) is 21.0. The Morgan fingerprint density at radius 1 is 0.957 bits per heavy atom. The van der Waals surface area contributed by atoms with Gasteiger partial charge in [-0.3, -0.25) is 19.5 Å². The Hall–Kier alpha value is -4.58. The maximum Gasteiger partial charge on any atom is 0.258 e. The van der Waals surface area contributed by atoms with Gasteiger partial charge in [-0.05, 0) is 50.6 Å². The standard InChI is InChI=1S/C33H42ClN7O5/c1-19-14-15-20(16-23(19)45-9)29(44)35-17-24(42)36-21-12-10-11-13-22(21)46-18-25(43)37-33(7,8)32(5,6)30-39-38-28-26(34)27(31(2,3)4)40-41(28)30/h10-16,40H,17-18H2,1-9H3,(H,35,44)(H,36,42)(H,37,43). The second kappa shape index (κ2) is 13.0. The fourth-order valence-corrected chi connectivity index (χ4v) is 5.23. The number of aryl methyl sites for hydroxylation is 1. The van der Waals surface area contributed by atoms with Gasteiger partial charge in [0.2, 0.25) is 5.91 Å². The van der Waals surface area contributed by atoms with Gasteiger partial charge in [-0.25, -0.2) is 4.52 Å². The topological polar surface area (TPSA) is 152 Å². The fraction of sp³-hybridized carbons (Fsp3) is 0.424. The van der Waals surface area contributed by atoms with Gasteiger partial charge in [-0.1, -0.05) is 64.4 Å². The molecule has 0 radical (unpaired) electrons. The van der Waals surface area contributed by atoms with Gasteiger partial charge in [0.15, 0.2) is 18.1 Å². The number of anilines is 1. The Kier molecular flexibility index (Phi) is 9.72. The van der Waals surface area contributed by atoms with E-state index in [-0.39, 0.29) is 24.5 Å². The van der Waals surface area contributed by atoms with Crippen molar-refractivity contribution >= 4 is 40.7 Å². The average molecular weight is 652 g/mol. The summed E-state index contributed by atoms with van der Waals surface area (Å²) in [6, 6.07) is 11.8. The van der Waals surface area contributed by atoms with E-state index in [4.69, 9.17) is 21.1 Å². The minimum atomic E-state index is -0.802. The van der Waals surface area contributed by atoms with E-state index in [2.05, 4.69) is 52.0 Å². The van der Waals surface area contributed by atoms with Crippen molar-refractivity contribution < 1.29 is 23.9 Å². The highest BCUT2D eigenvalue weighted by molar-refractivity contribution is 6.34. The average Bonchev–Trinajstić information content (AvgIpc) is 3.56. The number of methoxy groups -OCH3 is 1. The van der Waals surface area contributed by atoms with E-state index >= 15 is 0 Å². The van der Waals surface area contributed by atoms with Crippen molar-refractivity contribution in [2.75, 3.05) is 25.6 Å². The Morgan fingerprint density at radius 3 is 2.33 bits per heavy atom. The Balaban J connectivity index is 1.38. The number of ether oxygens (including phenoxy) is 2. The molecule has 4 aromatic rings. The molecule has 0 unspecified atom stereocenters. The van der Waals surface area contributed by atoms with E-state index in [0.29, 0.717) is 39.2 Å². The van der Waals surface area contributed by atoms with Crippen molar-refractivity contribution in [3.63, 3.8) is 0 Å². The first-order chi connectivity index (χ1) is 21.5. The number of H-pyrrole nitrogens is 1. The molecule has 0 spiro atoms. The van der Waals surface area contributed by atoms with Crippen LogP contribution in [0.25, 0.3) is 5.65 Å². The third-order valence-corrected chi connectivity index (χ3v) is 8.58. The summed E-state index contributed by atoms with van der Waals surface area (Å²) in [5.74, 6) is 0.228. The zero-order valence-corrected chi connectivity index (χ0v) is 28.5. The van der Waals surface area contributed by atoms with Crippen molar-refractivity contribution in [1.29, 1.82) is 0 Å². The molecule has 2 aromatic heterocycles. The van der Waals surface area contributed by atoms with Crippen LogP contribution in [0.5, 0.6) is 11.5 Å². The molecule has 0 saturated heterocycles. The smallest absolute Gasteiger partial charge is 0.258 e. The summed E-state index contributed by atoms with van der Waals surface area (Å²) in [6.45, 7) is 15.2. The summed E-state index contributed by atoms with van der Waals surface area (Å²) in [4.78, 5) is 38.4. The number of amides is 3. The lowest BCUT2D eigenvalue weighted by Crippen LogP contribution is -2.57. The maximum absolute atomic E-state index is 13.2. The lowest BCUT2D eigenvalue weighted by molar-refractivity contribution is -0.125. The molecule has 0 aliphatic carbocycles. The third-order valence-electron chi connectivity index (χ3n) is 8.23. The number of halogens is 1. The van der Waals surface area contributed by atoms with Crippen LogP contribution in [0.2, 0.25) is 5.02 Å². The second-order valence-electron chi connectivity index (χ2n) is 13.2. The monoisotopic (exact) mass is 651 g/mol. The van der Waals surface area contributed by atoms with Gasteiger partial charge in [0, 0.05) is 21.9 Å².